The third-order valence-electron chi connectivity index (χ3n) is 1.95. The molecule has 0 saturated carbocycles. The number of hydrogen-bond acceptors (Lipinski definition) is 6. The van der Waals surface area contributed by atoms with Gasteiger partial charge < -0.3 is 4.74 Å². The molecule has 2 aromatic heterocycles. The number of hydrazone groups is 1. The molecular formula is C11H11N5O. The molecule has 0 bridgehead atoms. The third kappa shape index (κ3) is 3.23. The van der Waals surface area contributed by atoms with Crippen LogP contribution in [0.3, 0.4) is 0 Å². The highest BCUT2D eigenvalue weighted by atomic mass is 16.5. The average Bonchev–Trinajstić information content (AvgIpc) is 2.40. The van der Waals surface area contributed by atoms with E-state index in [0.29, 0.717) is 11.7 Å². The van der Waals surface area contributed by atoms with E-state index in [1.165, 1.54) is 6.33 Å². The van der Waals surface area contributed by atoms with Gasteiger partial charge in [0.25, 0.3) is 0 Å². The summed E-state index contributed by atoms with van der Waals surface area (Å²) >= 11 is 0. The van der Waals surface area contributed by atoms with E-state index < -0.39 is 0 Å². The van der Waals surface area contributed by atoms with Gasteiger partial charge in [-0.05, 0) is 17.7 Å². The molecule has 0 unspecified atom stereocenters. The molecule has 0 fully saturated rings. The first-order valence-corrected chi connectivity index (χ1v) is 4.93. The van der Waals surface area contributed by atoms with Crippen LogP contribution in [0, 0.1) is 0 Å². The first kappa shape index (κ1) is 11.0. The molecule has 17 heavy (non-hydrogen) atoms. The summed E-state index contributed by atoms with van der Waals surface area (Å²) in [5, 5.41) is 4.04. The zero-order chi connectivity index (χ0) is 11.9. The second-order valence-corrected chi connectivity index (χ2v) is 3.10. The minimum Gasteiger partial charge on any atom is -0.481 e. The SMILES string of the molecule is COc1cc(NN=Cc2ccncc2)ncn1. The van der Waals surface area contributed by atoms with E-state index in [4.69, 9.17) is 4.74 Å². The summed E-state index contributed by atoms with van der Waals surface area (Å²) in [5.74, 6) is 1.06. The van der Waals surface area contributed by atoms with E-state index in [0.717, 1.165) is 5.56 Å². The number of hydrogen-bond donors (Lipinski definition) is 1. The van der Waals surface area contributed by atoms with Crippen LogP contribution in [0.1, 0.15) is 5.56 Å². The molecule has 0 aliphatic carbocycles. The lowest BCUT2D eigenvalue weighted by Gasteiger charge is -2.00. The van der Waals surface area contributed by atoms with Crippen LogP contribution < -0.4 is 10.2 Å². The Labute approximate surface area is 98.4 Å². The van der Waals surface area contributed by atoms with E-state index in [9.17, 15) is 0 Å². The van der Waals surface area contributed by atoms with Gasteiger partial charge in [0, 0.05) is 18.5 Å². The van der Waals surface area contributed by atoms with Gasteiger partial charge in [-0.1, -0.05) is 0 Å². The maximum Gasteiger partial charge on any atom is 0.218 e. The average molecular weight is 229 g/mol. The zero-order valence-electron chi connectivity index (χ0n) is 9.24. The molecule has 0 aromatic carbocycles. The molecule has 2 rings (SSSR count). The van der Waals surface area contributed by atoms with Crippen molar-refractivity contribution in [3.63, 3.8) is 0 Å². The highest BCUT2D eigenvalue weighted by molar-refractivity contribution is 5.79. The molecular weight excluding hydrogens is 218 g/mol. The topological polar surface area (TPSA) is 72.3 Å². The van der Waals surface area contributed by atoms with Crippen LogP contribution in [0.5, 0.6) is 5.88 Å². The minimum atomic E-state index is 0.488. The van der Waals surface area contributed by atoms with E-state index in [1.54, 1.807) is 31.8 Å². The summed E-state index contributed by atoms with van der Waals surface area (Å²) in [6.07, 6.45) is 6.49. The Kier molecular flexibility index (Phi) is 3.59. The van der Waals surface area contributed by atoms with Crippen LogP contribution in [0.25, 0.3) is 0 Å². The third-order valence-corrected chi connectivity index (χ3v) is 1.95. The number of pyridine rings is 1. The quantitative estimate of drug-likeness (QED) is 0.632. The Morgan fingerprint density at radius 2 is 2.12 bits per heavy atom. The van der Waals surface area contributed by atoms with Gasteiger partial charge in [0.05, 0.1) is 13.3 Å². The predicted molar refractivity (Wildman–Crippen MR) is 64.0 cm³/mol. The van der Waals surface area contributed by atoms with Crippen molar-refractivity contribution in [1.29, 1.82) is 0 Å². The maximum atomic E-state index is 4.97. The van der Waals surface area contributed by atoms with Gasteiger partial charge in [0.15, 0.2) is 5.82 Å². The second kappa shape index (κ2) is 5.55. The summed E-state index contributed by atoms with van der Waals surface area (Å²) in [6.45, 7) is 0. The molecule has 2 heterocycles. The largest absolute Gasteiger partial charge is 0.481 e. The lowest BCUT2D eigenvalue weighted by Crippen LogP contribution is -1.96. The van der Waals surface area contributed by atoms with Crippen LogP contribution >= 0.6 is 0 Å². The van der Waals surface area contributed by atoms with Crippen molar-refractivity contribution in [3.05, 3.63) is 42.5 Å². The first-order chi connectivity index (χ1) is 8.38. The van der Waals surface area contributed by atoms with E-state index >= 15 is 0 Å². The van der Waals surface area contributed by atoms with Gasteiger partial charge in [0.1, 0.15) is 6.33 Å². The van der Waals surface area contributed by atoms with Crippen LogP contribution in [-0.4, -0.2) is 28.3 Å². The van der Waals surface area contributed by atoms with Crippen molar-refractivity contribution in [2.45, 2.75) is 0 Å². The molecule has 0 aliphatic rings. The van der Waals surface area contributed by atoms with Crippen molar-refractivity contribution in [2.75, 3.05) is 12.5 Å². The number of nitrogens with zero attached hydrogens (tertiary/aromatic N) is 4. The molecule has 0 atom stereocenters. The Balaban J connectivity index is 2.00. The normalized spacial score (nSPS) is 10.4. The molecule has 0 aliphatic heterocycles. The molecule has 0 radical (unpaired) electrons. The molecule has 0 amide bonds. The Morgan fingerprint density at radius 1 is 1.29 bits per heavy atom. The maximum absolute atomic E-state index is 4.97. The standard InChI is InChI=1S/C11H11N5O/c1-17-11-6-10(13-8-14-11)16-15-7-9-2-4-12-5-3-9/h2-8H,1H3,(H,13,14,16). The molecule has 2 aromatic rings. The first-order valence-electron chi connectivity index (χ1n) is 4.93. The highest BCUT2D eigenvalue weighted by Gasteiger charge is 1.95. The smallest absolute Gasteiger partial charge is 0.218 e. The summed E-state index contributed by atoms with van der Waals surface area (Å²) in [4.78, 5) is 11.8. The summed E-state index contributed by atoms with van der Waals surface area (Å²) < 4.78 is 4.97. The van der Waals surface area contributed by atoms with Crippen molar-refractivity contribution < 1.29 is 4.74 Å². The van der Waals surface area contributed by atoms with Crippen molar-refractivity contribution in [1.82, 2.24) is 15.0 Å². The number of ether oxygens (including phenoxy) is 1. The van der Waals surface area contributed by atoms with Crippen LogP contribution in [0.2, 0.25) is 0 Å². The van der Waals surface area contributed by atoms with Crippen molar-refractivity contribution in [3.8, 4) is 5.88 Å². The molecule has 0 spiro atoms. The van der Waals surface area contributed by atoms with E-state index in [1.807, 2.05) is 12.1 Å². The van der Waals surface area contributed by atoms with E-state index in [-0.39, 0.29) is 0 Å². The number of methoxy groups -OCH3 is 1. The zero-order valence-corrected chi connectivity index (χ0v) is 9.24. The van der Waals surface area contributed by atoms with E-state index in [2.05, 4.69) is 25.5 Å². The van der Waals surface area contributed by atoms with Crippen molar-refractivity contribution >= 4 is 12.0 Å². The predicted octanol–water partition coefficient (Wildman–Crippen LogP) is 1.33. The Morgan fingerprint density at radius 3 is 2.88 bits per heavy atom. The summed E-state index contributed by atoms with van der Waals surface area (Å²) in [5.41, 5.74) is 3.74. The van der Waals surface area contributed by atoms with Gasteiger partial charge >= 0.3 is 0 Å². The fraction of sp³-hybridized carbons (Fsp3) is 0.0909. The fourth-order valence-corrected chi connectivity index (χ4v) is 1.13. The highest BCUT2D eigenvalue weighted by Crippen LogP contribution is 2.09. The van der Waals surface area contributed by atoms with Crippen LogP contribution in [0.4, 0.5) is 5.82 Å². The Bertz CT molecular complexity index is 500. The van der Waals surface area contributed by atoms with Gasteiger partial charge in [-0.3, -0.25) is 10.4 Å². The van der Waals surface area contributed by atoms with Crippen molar-refractivity contribution in [2.24, 2.45) is 5.10 Å². The van der Waals surface area contributed by atoms with Gasteiger partial charge in [-0.25, -0.2) is 9.97 Å². The fourth-order valence-electron chi connectivity index (χ4n) is 1.13. The van der Waals surface area contributed by atoms with Gasteiger partial charge in [-0.2, -0.15) is 5.10 Å². The molecule has 6 heteroatoms. The molecule has 86 valence electrons. The molecule has 0 saturated heterocycles. The van der Waals surface area contributed by atoms with Crippen LogP contribution in [0.15, 0.2) is 42.0 Å². The molecule has 6 nitrogen and oxygen atoms in total. The van der Waals surface area contributed by atoms with Gasteiger partial charge in [0.2, 0.25) is 5.88 Å². The lowest BCUT2D eigenvalue weighted by atomic mass is 10.3. The Hall–Kier alpha value is -2.50. The number of rotatable bonds is 4. The number of aromatic nitrogens is 3. The summed E-state index contributed by atoms with van der Waals surface area (Å²) in [6, 6.07) is 5.36. The minimum absolute atomic E-state index is 0.488. The monoisotopic (exact) mass is 229 g/mol. The second-order valence-electron chi connectivity index (χ2n) is 3.10. The van der Waals surface area contributed by atoms with Crippen LogP contribution in [-0.2, 0) is 0 Å². The molecule has 1 N–H and O–H groups in total. The van der Waals surface area contributed by atoms with Gasteiger partial charge in [-0.15, -0.1) is 0 Å². The number of nitrogens with one attached hydrogen (secondary N) is 1. The summed E-state index contributed by atoms with van der Waals surface area (Å²) in [7, 11) is 1.55. The lowest BCUT2D eigenvalue weighted by molar-refractivity contribution is 0.397. The number of anilines is 1.